The number of unbranched alkanes of at least 4 members (excludes halogenated alkanes) is 1. The van der Waals surface area contributed by atoms with Gasteiger partial charge in [0.15, 0.2) is 0 Å². The van der Waals surface area contributed by atoms with Crippen LogP contribution in [-0.4, -0.2) is 23.7 Å². The molecule has 0 spiro atoms. The van der Waals surface area contributed by atoms with E-state index in [0.29, 0.717) is 17.9 Å². The van der Waals surface area contributed by atoms with E-state index in [9.17, 15) is 9.59 Å². The van der Waals surface area contributed by atoms with E-state index in [4.69, 9.17) is 4.74 Å². The number of ether oxygens (including phenoxy) is 1. The zero-order chi connectivity index (χ0) is 23.6. The number of anilines is 2. The van der Waals surface area contributed by atoms with Gasteiger partial charge in [-0.3, -0.25) is 9.59 Å². The summed E-state index contributed by atoms with van der Waals surface area (Å²) in [6.45, 7) is 6.63. The van der Waals surface area contributed by atoms with Crippen LogP contribution in [0.5, 0.6) is 5.75 Å². The normalized spacial score (nSPS) is 11.5. The van der Waals surface area contributed by atoms with E-state index in [1.54, 1.807) is 6.07 Å². The molecule has 3 aromatic rings. The van der Waals surface area contributed by atoms with Crippen LogP contribution < -0.4 is 15.4 Å². The molecule has 172 valence electrons. The van der Waals surface area contributed by atoms with Crippen LogP contribution >= 0.6 is 11.8 Å². The maximum atomic E-state index is 12.7. The molecule has 1 unspecified atom stereocenters. The molecule has 6 heteroatoms. The van der Waals surface area contributed by atoms with Crippen molar-refractivity contribution in [2.24, 2.45) is 0 Å². The Labute approximate surface area is 199 Å². The number of carbonyl (C=O) groups excluding carboxylic acids is 2. The summed E-state index contributed by atoms with van der Waals surface area (Å²) in [5.74, 6) is 0.552. The quantitative estimate of drug-likeness (QED) is 0.265. The molecule has 1 atom stereocenters. The summed E-state index contributed by atoms with van der Waals surface area (Å²) in [4.78, 5) is 26.1. The van der Waals surface area contributed by atoms with Crippen molar-refractivity contribution in [1.29, 1.82) is 0 Å². The molecule has 2 amide bonds. The van der Waals surface area contributed by atoms with Crippen LogP contribution in [0.2, 0.25) is 0 Å². The van der Waals surface area contributed by atoms with Gasteiger partial charge in [-0.05, 0) is 74.9 Å². The molecule has 3 aromatic carbocycles. The molecule has 0 aliphatic rings. The average Bonchev–Trinajstić information content (AvgIpc) is 2.80. The van der Waals surface area contributed by atoms with Crippen LogP contribution in [0.3, 0.4) is 0 Å². The number of nitrogens with one attached hydrogen (secondary N) is 2. The third-order valence-electron chi connectivity index (χ3n) is 4.94. The maximum absolute atomic E-state index is 12.7. The highest BCUT2D eigenvalue weighted by Crippen LogP contribution is 2.27. The van der Waals surface area contributed by atoms with E-state index >= 15 is 0 Å². The predicted molar refractivity (Wildman–Crippen MR) is 136 cm³/mol. The summed E-state index contributed by atoms with van der Waals surface area (Å²) in [5.41, 5.74) is 3.07. The van der Waals surface area contributed by atoms with E-state index in [2.05, 4.69) is 17.6 Å². The van der Waals surface area contributed by atoms with Crippen molar-refractivity contribution in [1.82, 2.24) is 0 Å². The first-order valence-corrected chi connectivity index (χ1v) is 12.0. The summed E-state index contributed by atoms with van der Waals surface area (Å²) in [5, 5.41) is 5.56. The van der Waals surface area contributed by atoms with Crippen LogP contribution in [0.25, 0.3) is 0 Å². The van der Waals surface area contributed by atoms with Gasteiger partial charge in [-0.15, -0.1) is 11.8 Å². The number of aryl methyl sites for hydroxylation is 1. The van der Waals surface area contributed by atoms with Crippen molar-refractivity contribution < 1.29 is 14.3 Å². The molecular weight excluding hydrogens is 432 g/mol. The Morgan fingerprint density at radius 2 is 1.70 bits per heavy atom. The lowest BCUT2D eigenvalue weighted by molar-refractivity contribution is -0.115. The molecule has 2 N–H and O–H groups in total. The SMILES string of the molecule is CCCCOc1ccc(NC(=O)C(C)Sc2cccc(NC(=O)c3cccc(C)c3)c2)cc1. The first kappa shape index (κ1) is 24.4. The Morgan fingerprint density at radius 1 is 0.939 bits per heavy atom. The second-order valence-corrected chi connectivity index (χ2v) is 9.24. The third-order valence-corrected chi connectivity index (χ3v) is 6.04. The van der Waals surface area contributed by atoms with E-state index in [0.717, 1.165) is 34.7 Å². The largest absolute Gasteiger partial charge is 0.494 e. The van der Waals surface area contributed by atoms with E-state index in [-0.39, 0.29) is 17.1 Å². The summed E-state index contributed by atoms with van der Waals surface area (Å²) in [6, 6.07) is 22.4. The van der Waals surface area contributed by atoms with Gasteiger partial charge < -0.3 is 15.4 Å². The van der Waals surface area contributed by atoms with Crippen molar-refractivity contribution in [3.8, 4) is 5.75 Å². The smallest absolute Gasteiger partial charge is 0.255 e. The number of hydrogen-bond acceptors (Lipinski definition) is 4. The summed E-state index contributed by atoms with van der Waals surface area (Å²) in [7, 11) is 0. The number of amides is 2. The molecule has 0 heterocycles. The fraction of sp³-hybridized carbons (Fsp3) is 0.259. The molecule has 0 aromatic heterocycles. The third kappa shape index (κ3) is 7.68. The van der Waals surface area contributed by atoms with Gasteiger partial charge in [0, 0.05) is 21.8 Å². The average molecular weight is 463 g/mol. The topological polar surface area (TPSA) is 67.4 Å². The minimum Gasteiger partial charge on any atom is -0.494 e. The van der Waals surface area contributed by atoms with Crippen molar-refractivity contribution in [2.75, 3.05) is 17.2 Å². The van der Waals surface area contributed by atoms with Crippen LogP contribution in [0.1, 0.15) is 42.6 Å². The first-order chi connectivity index (χ1) is 15.9. The molecule has 3 rings (SSSR count). The van der Waals surface area contributed by atoms with Crippen molar-refractivity contribution in [3.05, 3.63) is 83.9 Å². The number of benzene rings is 3. The Hall–Kier alpha value is -3.25. The molecule has 0 bridgehead atoms. The zero-order valence-corrected chi connectivity index (χ0v) is 20.1. The van der Waals surface area contributed by atoms with Crippen LogP contribution in [-0.2, 0) is 4.79 Å². The van der Waals surface area contributed by atoms with Gasteiger partial charge in [0.25, 0.3) is 5.91 Å². The number of rotatable bonds is 10. The van der Waals surface area contributed by atoms with Crippen LogP contribution in [0.15, 0.2) is 77.7 Å². The monoisotopic (exact) mass is 462 g/mol. The number of thioether (sulfide) groups is 1. The van der Waals surface area contributed by atoms with Crippen LogP contribution in [0.4, 0.5) is 11.4 Å². The highest BCUT2D eigenvalue weighted by atomic mass is 32.2. The Balaban J connectivity index is 1.54. The van der Waals surface area contributed by atoms with Crippen LogP contribution in [0, 0.1) is 6.92 Å². The van der Waals surface area contributed by atoms with Gasteiger partial charge in [-0.25, -0.2) is 0 Å². The molecule has 0 saturated heterocycles. The fourth-order valence-electron chi connectivity index (χ4n) is 3.11. The molecule has 33 heavy (non-hydrogen) atoms. The Kier molecular flexibility index (Phi) is 8.95. The molecular formula is C27H30N2O3S. The number of hydrogen-bond donors (Lipinski definition) is 2. The molecule has 5 nitrogen and oxygen atoms in total. The summed E-state index contributed by atoms with van der Waals surface area (Å²) < 4.78 is 5.66. The van der Waals surface area contributed by atoms with Gasteiger partial charge in [-0.2, -0.15) is 0 Å². The summed E-state index contributed by atoms with van der Waals surface area (Å²) in [6.07, 6.45) is 2.11. The van der Waals surface area contributed by atoms with Gasteiger partial charge in [0.2, 0.25) is 5.91 Å². The maximum Gasteiger partial charge on any atom is 0.255 e. The Morgan fingerprint density at radius 3 is 2.42 bits per heavy atom. The highest BCUT2D eigenvalue weighted by Gasteiger charge is 2.15. The van der Waals surface area contributed by atoms with Gasteiger partial charge in [0.1, 0.15) is 5.75 Å². The van der Waals surface area contributed by atoms with E-state index < -0.39 is 0 Å². The molecule has 0 radical (unpaired) electrons. The summed E-state index contributed by atoms with van der Waals surface area (Å²) >= 11 is 1.44. The van der Waals surface area contributed by atoms with Gasteiger partial charge >= 0.3 is 0 Å². The minimum atomic E-state index is -0.312. The lowest BCUT2D eigenvalue weighted by atomic mass is 10.1. The standard InChI is InChI=1S/C27H30N2O3S/c1-4-5-16-32-24-14-12-22(13-15-24)28-26(30)20(3)33-25-11-7-10-23(18-25)29-27(31)21-9-6-8-19(2)17-21/h6-15,17-18,20H,4-5,16H2,1-3H3,(H,28,30)(H,29,31). The second-order valence-electron chi connectivity index (χ2n) is 7.83. The molecule has 0 fully saturated rings. The molecule has 0 aliphatic carbocycles. The minimum absolute atomic E-state index is 0.0890. The zero-order valence-electron chi connectivity index (χ0n) is 19.3. The van der Waals surface area contributed by atoms with E-state index in [1.165, 1.54) is 11.8 Å². The van der Waals surface area contributed by atoms with Gasteiger partial charge in [0.05, 0.1) is 11.9 Å². The molecule has 0 aliphatic heterocycles. The second kappa shape index (κ2) is 12.1. The van der Waals surface area contributed by atoms with E-state index in [1.807, 2.05) is 80.6 Å². The van der Waals surface area contributed by atoms with Crippen molar-refractivity contribution in [2.45, 2.75) is 43.8 Å². The lowest BCUT2D eigenvalue weighted by Crippen LogP contribution is -2.22. The first-order valence-electron chi connectivity index (χ1n) is 11.1. The van der Waals surface area contributed by atoms with Crippen molar-refractivity contribution >= 4 is 35.0 Å². The molecule has 0 saturated carbocycles. The van der Waals surface area contributed by atoms with Crippen molar-refractivity contribution in [3.63, 3.8) is 0 Å². The lowest BCUT2D eigenvalue weighted by Gasteiger charge is -2.13. The Bertz CT molecular complexity index is 1080. The number of carbonyl (C=O) groups is 2. The fourth-order valence-corrected chi connectivity index (χ4v) is 4.03. The highest BCUT2D eigenvalue weighted by molar-refractivity contribution is 8.00. The predicted octanol–water partition coefficient (Wildman–Crippen LogP) is 6.55. The van der Waals surface area contributed by atoms with Gasteiger partial charge in [-0.1, -0.05) is 37.1 Å².